The molecule has 23 heavy (non-hydrogen) atoms. The Balaban J connectivity index is 1.90. The van der Waals surface area contributed by atoms with E-state index < -0.39 is 10.0 Å². The number of para-hydroxylation sites is 1. The molecule has 0 amide bonds. The van der Waals surface area contributed by atoms with Crippen molar-refractivity contribution in [3.8, 4) is 0 Å². The zero-order chi connectivity index (χ0) is 16.4. The van der Waals surface area contributed by atoms with Crippen molar-refractivity contribution in [2.45, 2.75) is 31.6 Å². The van der Waals surface area contributed by atoms with Gasteiger partial charge in [0.2, 0.25) is 10.0 Å². The third-order valence-electron chi connectivity index (χ3n) is 4.59. The summed E-state index contributed by atoms with van der Waals surface area (Å²) in [6, 6.07) is 9.38. The van der Waals surface area contributed by atoms with E-state index in [-0.39, 0.29) is 24.3 Å². The number of hydrogen-bond donors (Lipinski definition) is 1. The highest BCUT2D eigenvalue weighted by Crippen LogP contribution is 2.27. The lowest BCUT2D eigenvalue weighted by molar-refractivity contribution is 0.139. The van der Waals surface area contributed by atoms with Crippen LogP contribution < -0.4 is 0 Å². The molecule has 0 bridgehead atoms. The lowest BCUT2D eigenvalue weighted by Crippen LogP contribution is -2.46. The summed E-state index contributed by atoms with van der Waals surface area (Å²) in [5.74, 6) is -0.0178. The van der Waals surface area contributed by atoms with Crippen LogP contribution in [0.2, 0.25) is 0 Å². The lowest BCUT2D eigenvalue weighted by atomic mass is 9.96. The number of aromatic nitrogens is 1. The molecule has 1 N–H and O–H groups in total. The molecule has 1 saturated heterocycles. The van der Waals surface area contributed by atoms with Gasteiger partial charge in [-0.1, -0.05) is 24.3 Å². The zero-order valence-corrected chi connectivity index (χ0v) is 14.0. The maximum Gasteiger partial charge on any atom is 0.218 e. The predicted molar refractivity (Wildman–Crippen MR) is 90.3 cm³/mol. The number of aliphatic hydroxyl groups excluding tert-OH is 1. The summed E-state index contributed by atoms with van der Waals surface area (Å²) >= 11 is 0. The van der Waals surface area contributed by atoms with Crippen LogP contribution in [0.15, 0.2) is 36.5 Å². The highest BCUT2D eigenvalue weighted by atomic mass is 32.2. The fourth-order valence-electron chi connectivity index (χ4n) is 3.25. The van der Waals surface area contributed by atoms with E-state index in [1.807, 2.05) is 37.3 Å². The number of aliphatic hydroxyl groups is 1. The molecule has 2 atom stereocenters. The summed E-state index contributed by atoms with van der Waals surface area (Å²) in [6.45, 7) is 2.37. The summed E-state index contributed by atoms with van der Waals surface area (Å²) in [7, 11) is -3.44. The van der Waals surface area contributed by atoms with Gasteiger partial charge in [0, 0.05) is 30.8 Å². The van der Waals surface area contributed by atoms with Gasteiger partial charge in [-0.2, -0.15) is 4.31 Å². The number of piperidine rings is 1. The smallest absolute Gasteiger partial charge is 0.218 e. The van der Waals surface area contributed by atoms with E-state index in [1.54, 1.807) is 10.5 Å². The molecule has 1 aromatic carbocycles. The predicted octanol–water partition coefficient (Wildman–Crippen LogP) is 2.16. The van der Waals surface area contributed by atoms with Crippen LogP contribution in [0.4, 0.5) is 0 Å². The number of nitrogens with zero attached hydrogens (tertiary/aromatic N) is 2. The largest absolute Gasteiger partial charge is 0.396 e. The molecule has 0 spiro atoms. The fourth-order valence-corrected chi connectivity index (χ4v) is 5.13. The van der Waals surface area contributed by atoms with Crippen molar-refractivity contribution < 1.29 is 13.5 Å². The third kappa shape index (κ3) is 3.39. The molecule has 1 aliphatic rings. The molecule has 1 aliphatic heterocycles. The molecule has 2 aromatic rings. The van der Waals surface area contributed by atoms with Gasteiger partial charge in [0.05, 0.1) is 11.3 Å². The summed E-state index contributed by atoms with van der Waals surface area (Å²) in [6.07, 6.45) is 3.35. The molecule has 0 aliphatic carbocycles. The number of sulfonamides is 1. The second kappa shape index (κ2) is 6.55. The average Bonchev–Trinajstić information content (AvgIpc) is 2.55. The molecule has 1 fully saturated rings. The van der Waals surface area contributed by atoms with Crippen molar-refractivity contribution in [3.63, 3.8) is 0 Å². The van der Waals surface area contributed by atoms with E-state index in [9.17, 15) is 13.5 Å². The monoisotopic (exact) mass is 334 g/mol. The second-order valence-electron chi connectivity index (χ2n) is 6.29. The molecular formula is C17H22N2O3S. The summed E-state index contributed by atoms with van der Waals surface area (Å²) in [4.78, 5) is 4.34. The van der Waals surface area contributed by atoms with Crippen LogP contribution in [0, 0.1) is 5.92 Å². The minimum absolute atomic E-state index is 0.0225. The molecule has 0 radical (unpaired) electrons. The first-order valence-corrected chi connectivity index (χ1v) is 9.55. The zero-order valence-electron chi connectivity index (χ0n) is 13.2. The third-order valence-corrected chi connectivity index (χ3v) is 6.49. The highest BCUT2D eigenvalue weighted by molar-refractivity contribution is 7.88. The van der Waals surface area contributed by atoms with E-state index in [4.69, 9.17) is 0 Å². The van der Waals surface area contributed by atoms with Crippen LogP contribution in [0.25, 0.3) is 10.9 Å². The standard InChI is InChI=1S/C17H22N2O3S/c1-13-7-8-14(11-20)10-19(13)23(21,22)12-16-5-2-4-15-6-3-9-18-17(15)16/h2-6,9,13-14,20H,7-8,10-12H2,1H3. The number of fused-ring (bicyclic) bond motifs is 1. The van der Waals surface area contributed by atoms with Gasteiger partial charge in [0.1, 0.15) is 0 Å². The molecule has 3 rings (SSSR count). The Bertz CT molecular complexity index is 786. The van der Waals surface area contributed by atoms with Crippen LogP contribution in [0.1, 0.15) is 25.3 Å². The van der Waals surface area contributed by atoms with Crippen LogP contribution in [-0.4, -0.2) is 42.0 Å². The van der Waals surface area contributed by atoms with E-state index in [0.29, 0.717) is 6.54 Å². The Kier molecular flexibility index (Phi) is 4.66. The number of benzene rings is 1. The summed E-state index contributed by atoms with van der Waals surface area (Å²) in [5.41, 5.74) is 1.46. The maximum absolute atomic E-state index is 12.9. The SMILES string of the molecule is CC1CCC(CO)CN1S(=O)(=O)Cc1cccc2cccnc12. The summed E-state index contributed by atoms with van der Waals surface area (Å²) < 4.78 is 27.3. The maximum atomic E-state index is 12.9. The minimum atomic E-state index is -3.44. The number of pyridine rings is 1. The highest BCUT2D eigenvalue weighted by Gasteiger charge is 2.33. The van der Waals surface area contributed by atoms with Gasteiger partial charge in [-0.3, -0.25) is 4.98 Å². The van der Waals surface area contributed by atoms with Crippen molar-refractivity contribution in [1.82, 2.24) is 9.29 Å². The first-order chi connectivity index (χ1) is 11.0. The molecule has 6 heteroatoms. The van der Waals surface area contributed by atoms with Crippen molar-refractivity contribution >= 4 is 20.9 Å². The van der Waals surface area contributed by atoms with Crippen molar-refractivity contribution in [1.29, 1.82) is 0 Å². The van der Waals surface area contributed by atoms with Crippen molar-refractivity contribution in [3.05, 3.63) is 42.1 Å². The Morgan fingerprint density at radius 1 is 1.26 bits per heavy atom. The molecular weight excluding hydrogens is 312 g/mol. The van der Waals surface area contributed by atoms with Gasteiger partial charge in [-0.25, -0.2) is 8.42 Å². The molecule has 2 unspecified atom stereocenters. The first-order valence-electron chi connectivity index (χ1n) is 7.94. The molecule has 0 saturated carbocycles. The average molecular weight is 334 g/mol. The van der Waals surface area contributed by atoms with E-state index >= 15 is 0 Å². The van der Waals surface area contributed by atoms with Gasteiger partial charge in [-0.05, 0) is 37.3 Å². The van der Waals surface area contributed by atoms with Gasteiger partial charge in [0.25, 0.3) is 0 Å². The summed E-state index contributed by atoms with van der Waals surface area (Å²) in [5, 5.41) is 10.3. The minimum Gasteiger partial charge on any atom is -0.396 e. The first kappa shape index (κ1) is 16.4. The Morgan fingerprint density at radius 2 is 2.04 bits per heavy atom. The van der Waals surface area contributed by atoms with Crippen LogP contribution in [-0.2, 0) is 15.8 Å². The number of hydrogen-bond acceptors (Lipinski definition) is 4. The van der Waals surface area contributed by atoms with Gasteiger partial charge >= 0.3 is 0 Å². The van der Waals surface area contributed by atoms with E-state index in [2.05, 4.69) is 4.98 Å². The van der Waals surface area contributed by atoms with Crippen LogP contribution in [0.5, 0.6) is 0 Å². The van der Waals surface area contributed by atoms with Crippen LogP contribution in [0.3, 0.4) is 0 Å². The molecule has 2 heterocycles. The molecule has 1 aromatic heterocycles. The molecule has 5 nitrogen and oxygen atoms in total. The molecule has 124 valence electrons. The number of rotatable bonds is 4. The Labute approximate surface area is 137 Å². The quantitative estimate of drug-likeness (QED) is 0.930. The topological polar surface area (TPSA) is 70.5 Å². The lowest BCUT2D eigenvalue weighted by Gasteiger charge is -2.36. The van der Waals surface area contributed by atoms with Crippen molar-refractivity contribution in [2.24, 2.45) is 5.92 Å². The van der Waals surface area contributed by atoms with Gasteiger partial charge < -0.3 is 5.11 Å². The Hall–Kier alpha value is -1.50. The van der Waals surface area contributed by atoms with Crippen LogP contribution >= 0.6 is 0 Å². The Morgan fingerprint density at radius 3 is 2.83 bits per heavy atom. The second-order valence-corrected chi connectivity index (χ2v) is 8.21. The van der Waals surface area contributed by atoms with Crippen molar-refractivity contribution in [2.75, 3.05) is 13.2 Å². The fraction of sp³-hybridized carbons (Fsp3) is 0.471. The van der Waals surface area contributed by atoms with E-state index in [1.165, 1.54) is 0 Å². The normalized spacial score (nSPS) is 23.2. The van der Waals surface area contributed by atoms with Gasteiger partial charge in [-0.15, -0.1) is 0 Å². The van der Waals surface area contributed by atoms with E-state index in [0.717, 1.165) is 29.3 Å². The van der Waals surface area contributed by atoms with Gasteiger partial charge in [0.15, 0.2) is 0 Å².